The number of allylic oxidation sites excluding steroid dienone is 2. The van der Waals surface area contributed by atoms with Gasteiger partial charge >= 0.3 is 0 Å². The van der Waals surface area contributed by atoms with Gasteiger partial charge in [0, 0.05) is 23.7 Å². The summed E-state index contributed by atoms with van der Waals surface area (Å²) < 4.78 is 0. The Morgan fingerprint density at radius 1 is 0.550 bits per heavy atom. The molecule has 0 heterocycles. The van der Waals surface area contributed by atoms with Crippen LogP contribution in [-0.4, -0.2) is 23.1 Å². The Kier molecular flexibility index (Phi) is 3.76. The first-order valence-corrected chi connectivity index (χ1v) is 6.97. The van der Waals surface area contributed by atoms with Crippen molar-refractivity contribution in [3.05, 3.63) is 12.2 Å². The molecule has 0 radical (unpaired) electrons. The monoisotopic (exact) mass is 276 g/mol. The van der Waals surface area contributed by atoms with E-state index in [1.165, 1.54) is 27.7 Å². The van der Waals surface area contributed by atoms with Crippen LogP contribution in [0.4, 0.5) is 0 Å². The molecule has 0 saturated heterocycles. The third-order valence-corrected chi connectivity index (χ3v) is 4.87. The molecule has 0 N–H and O–H groups in total. The van der Waals surface area contributed by atoms with Crippen LogP contribution in [0.25, 0.3) is 0 Å². The molecule has 108 valence electrons. The van der Waals surface area contributed by atoms with Crippen LogP contribution in [0.15, 0.2) is 12.2 Å². The van der Waals surface area contributed by atoms with E-state index in [0.29, 0.717) is 0 Å². The molecular weight excluding hydrogens is 256 g/mol. The molecule has 2 bridgehead atoms. The van der Waals surface area contributed by atoms with E-state index in [1.54, 1.807) is 0 Å². The number of hydrogen-bond donors (Lipinski definition) is 0. The average molecular weight is 276 g/mol. The van der Waals surface area contributed by atoms with Gasteiger partial charge in [-0.25, -0.2) is 0 Å². The van der Waals surface area contributed by atoms with Gasteiger partial charge in [-0.05, 0) is 39.5 Å². The van der Waals surface area contributed by atoms with Gasteiger partial charge in [-0.15, -0.1) is 0 Å². The summed E-state index contributed by atoms with van der Waals surface area (Å²) in [5.74, 6) is -2.79. The van der Waals surface area contributed by atoms with E-state index >= 15 is 0 Å². The van der Waals surface area contributed by atoms with Gasteiger partial charge in [0.05, 0.1) is 0 Å². The van der Waals surface area contributed by atoms with Gasteiger partial charge in [0.2, 0.25) is 0 Å². The van der Waals surface area contributed by atoms with Crippen LogP contribution < -0.4 is 0 Å². The van der Waals surface area contributed by atoms with Crippen molar-refractivity contribution in [2.45, 2.75) is 27.7 Å². The zero-order valence-corrected chi connectivity index (χ0v) is 12.3. The maximum atomic E-state index is 12.0. The quantitative estimate of drug-likeness (QED) is 0.732. The van der Waals surface area contributed by atoms with E-state index < -0.39 is 23.7 Å². The van der Waals surface area contributed by atoms with Crippen molar-refractivity contribution in [1.82, 2.24) is 0 Å². The Morgan fingerprint density at radius 2 is 0.750 bits per heavy atom. The average Bonchev–Trinajstić information content (AvgIpc) is 2.36. The Balaban J connectivity index is 2.56. The zero-order valence-electron chi connectivity index (χ0n) is 12.3. The van der Waals surface area contributed by atoms with E-state index in [0.717, 1.165) is 0 Å². The van der Waals surface area contributed by atoms with E-state index in [-0.39, 0.29) is 35.0 Å². The van der Waals surface area contributed by atoms with Crippen molar-refractivity contribution in [2.24, 2.45) is 35.5 Å². The third-order valence-electron chi connectivity index (χ3n) is 4.87. The Hall–Kier alpha value is -1.58. The lowest BCUT2D eigenvalue weighted by molar-refractivity contribution is -0.150. The predicted octanol–water partition coefficient (Wildman–Crippen LogP) is 1.62. The molecule has 2 unspecified atom stereocenters. The topological polar surface area (TPSA) is 68.3 Å². The molecule has 1 fully saturated rings. The van der Waals surface area contributed by atoms with Gasteiger partial charge in [-0.1, -0.05) is 12.2 Å². The van der Waals surface area contributed by atoms with Gasteiger partial charge in [0.15, 0.2) is 0 Å². The molecule has 0 aliphatic heterocycles. The molecule has 3 aliphatic carbocycles. The van der Waals surface area contributed by atoms with Crippen LogP contribution in [0.5, 0.6) is 0 Å². The number of carbonyl (C=O) groups excluding carboxylic acids is 4. The largest absolute Gasteiger partial charge is 0.300 e. The van der Waals surface area contributed by atoms with Crippen molar-refractivity contribution in [1.29, 1.82) is 0 Å². The van der Waals surface area contributed by atoms with Gasteiger partial charge in [0.25, 0.3) is 0 Å². The van der Waals surface area contributed by atoms with Crippen LogP contribution in [-0.2, 0) is 19.2 Å². The summed E-state index contributed by atoms with van der Waals surface area (Å²) in [4.78, 5) is 47.9. The second kappa shape index (κ2) is 5.08. The Labute approximate surface area is 118 Å². The SMILES string of the molecule is CC(=O)[C@@H]1C2C=CC([C@H]1C(C)=O)[C@H](C(C)=O)[C@H]2C(C)=O. The van der Waals surface area contributed by atoms with Crippen LogP contribution in [0, 0.1) is 35.5 Å². The van der Waals surface area contributed by atoms with E-state index in [4.69, 9.17) is 0 Å². The van der Waals surface area contributed by atoms with Gasteiger partial charge in [-0.2, -0.15) is 0 Å². The fourth-order valence-corrected chi connectivity index (χ4v) is 4.24. The molecule has 6 atom stereocenters. The maximum absolute atomic E-state index is 12.0. The van der Waals surface area contributed by atoms with Crippen LogP contribution in [0.2, 0.25) is 0 Å². The number of hydrogen-bond acceptors (Lipinski definition) is 4. The summed E-state index contributed by atoms with van der Waals surface area (Å²) in [6.45, 7) is 5.87. The number of carbonyl (C=O) groups is 4. The summed E-state index contributed by atoms with van der Waals surface area (Å²) in [6, 6.07) is 0. The van der Waals surface area contributed by atoms with Gasteiger partial charge in [-0.3, -0.25) is 19.2 Å². The predicted molar refractivity (Wildman–Crippen MR) is 72.8 cm³/mol. The molecule has 4 nitrogen and oxygen atoms in total. The summed E-state index contributed by atoms with van der Waals surface area (Å²) in [5.41, 5.74) is 0. The normalized spacial score (nSPS) is 38.6. The molecule has 4 heteroatoms. The smallest absolute Gasteiger partial charge is 0.134 e. The van der Waals surface area contributed by atoms with E-state index in [9.17, 15) is 19.2 Å². The molecule has 0 aromatic rings. The van der Waals surface area contributed by atoms with E-state index in [2.05, 4.69) is 0 Å². The number of fused-ring (bicyclic) bond motifs is 2. The Morgan fingerprint density at radius 3 is 0.900 bits per heavy atom. The Bertz CT molecular complexity index is 431. The molecule has 3 rings (SSSR count). The molecule has 3 aliphatic rings. The highest BCUT2D eigenvalue weighted by molar-refractivity contribution is 5.94. The first kappa shape index (κ1) is 14.8. The molecular formula is C16H20O4. The van der Waals surface area contributed by atoms with Crippen LogP contribution in [0.3, 0.4) is 0 Å². The van der Waals surface area contributed by atoms with E-state index in [1.807, 2.05) is 12.2 Å². The molecule has 0 aromatic carbocycles. The van der Waals surface area contributed by atoms with Crippen molar-refractivity contribution in [3.63, 3.8) is 0 Å². The fourth-order valence-electron chi connectivity index (χ4n) is 4.24. The summed E-state index contributed by atoms with van der Waals surface area (Å²) in [5, 5.41) is 0. The second-order valence-electron chi connectivity index (χ2n) is 6.09. The minimum Gasteiger partial charge on any atom is -0.300 e. The van der Waals surface area contributed by atoms with Crippen molar-refractivity contribution in [2.75, 3.05) is 0 Å². The second-order valence-corrected chi connectivity index (χ2v) is 6.09. The minimum atomic E-state index is -0.466. The molecule has 0 aromatic heterocycles. The molecule has 1 saturated carbocycles. The number of Topliss-reactive ketones (excluding diaryl/α,β-unsaturated/α-hetero) is 4. The lowest BCUT2D eigenvalue weighted by Crippen LogP contribution is -2.56. The first-order valence-electron chi connectivity index (χ1n) is 6.97. The molecule has 20 heavy (non-hydrogen) atoms. The number of rotatable bonds is 4. The minimum absolute atomic E-state index is 0.0715. The van der Waals surface area contributed by atoms with Crippen LogP contribution in [0.1, 0.15) is 27.7 Å². The van der Waals surface area contributed by atoms with Crippen LogP contribution >= 0.6 is 0 Å². The highest BCUT2D eigenvalue weighted by atomic mass is 16.1. The van der Waals surface area contributed by atoms with Gasteiger partial charge < -0.3 is 0 Å². The highest BCUT2D eigenvalue weighted by Gasteiger charge is 2.57. The highest BCUT2D eigenvalue weighted by Crippen LogP contribution is 2.52. The van der Waals surface area contributed by atoms with Crippen molar-refractivity contribution in [3.8, 4) is 0 Å². The lowest BCUT2D eigenvalue weighted by Gasteiger charge is -2.50. The molecule has 0 amide bonds. The number of ketones is 4. The third kappa shape index (κ3) is 2.07. The van der Waals surface area contributed by atoms with Crippen molar-refractivity contribution >= 4 is 23.1 Å². The lowest BCUT2D eigenvalue weighted by atomic mass is 9.50. The molecule has 0 spiro atoms. The fraction of sp³-hybridized carbons (Fsp3) is 0.625. The first-order chi connectivity index (χ1) is 9.27. The maximum Gasteiger partial charge on any atom is 0.134 e. The summed E-state index contributed by atoms with van der Waals surface area (Å²) in [7, 11) is 0. The van der Waals surface area contributed by atoms with Gasteiger partial charge in [0.1, 0.15) is 23.1 Å². The zero-order chi connectivity index (χ0) is 15.2. The van der Waals surface area contributed by atoms with Crippen molar-refractivity contribution < 1.29 is 19.2 Å². The summed E-state index contributed by atoms with van der Waals surface area (Å²) >= 11 is 0. The standard InChI is InChI=1S/C16H20O4/c1-7(17)13-11-5-6-12(14(13)8(2)18)16(10(4)20)15(11)9(3)19/h5-6,11-16H,1-4H3/t11?,12?,13-,14-,15+,16+. The summed E-state index contributed by atoms with van der Waals surface area (Å²) in [6.07, 6.45) is 3.73.